The number of nitrogens with one attached hydrogen (secondary N) is 1. The van der Waals surface area contributed by atoms with E-state index in [1.165, 1.54) is 0 Å². The molecular formula is C16H26N2O4. The molecule has 0 fully saturated rings. The van der Waals surface area contributed by atoms with E-state index in [1.807, 2.05) is 0 Å². The highest BCUT2D eigenvalue weighted by atomic mass is 16.5. The van der Waals surface area contributed by atoms with E-state index in [2.05, 4.69) is 5.32 Å². The van der Waals surface area contributed by atoms with Crippen LogP contribution in [0.25, 0.3) is 0 Å². The minimum Gasteiger partial charge on any atom is -0.493 e. The molecule has 0 radical (unpaired) electrons. The fourth-order valence-corrected chi connectivity index (χ4v) is 2.16. The van der Waals surface area contributed by atoms with Crippen molar-refractivity contribution in [3.63, 3.8) is 0 Å². The molecule has 124 valence electrons. The maximum atomic E-state index is 12.0. The minimum atomic E-state index is -0.0259. The van der Waals surface area contributed by atoms with Crippen molar-refractivity contribution in [3.8, 4) is 17.2 Å². The predicted octanol–water partition coefficient (Wildman–Crippen LogP) is 2.56. The third-order valence-corrected chi connectivity index (χ3v) is 3.31. The number of anilines is 1. The fraction of sp³-hybridized carbons (Fsp3) is 0.562. The number of benzene rings is 1. The van der Waals surface area contributed by atoms with Crippen molar-refractivity contribution >= 4 is 11.6 Å². The van der Waals surface area contributed by atoms with E-state index in [9.17, 15) is 4.79 Å². The second kappa shape index (κ2) is 9.89. The lowest BCUT2D eigenvalue weighted by molar-refractivity contribution is -0.116. The summed E-state index contributed by atoms with van der Waals surface area (Å²) < 4.78 is 15.8. The van der Waals surface area contributed by atoms with E-state index in [4.69, 9.17) is 19.9 Å². The summed E-state index contributed by atoms with van der Waals surface area (Å²) in [5.41, 5.74) is 6.06. The summed E-state index contributed by atoms with van der Waals surface area (Å²) in [4.78, 5) is 12.0. The smallest absolute Gasteiger partial charge is 0.224 e. The van der Waals surface area contributed by atoms with Gasteiger partial charge in [0.05, 0.1) is 21.3 Å². The molecule has 0 bridgehead atoms. The molecule has 0 heterocycles. The van der Waals surface area contributed by atoms with E-state index < -0.39 is 0 Å². The van der Waals surface area contributed by atoms with Gasteiger partial charge in [0, 0.05) is 24.2 Å². The fourth-order valence-electron chi connectivity index (χ4n) is 2.16. The van der Waals surface area contributed by atoms with Crippen LogP contribution in [0.3, 0.4) is 0 Å². The first kappa shape index (κ1) is 18.1. The maximum Gasteiger partial charge on any atom is 0.224 e. The zero-order valence-electron chi connectivity index (χ0n) is 13.6. The van der Waals surface area contributed by atoms with Gasteiger partial charge in [-0.15, -0.1) is 0 Å². The van der Waals surface area contributed by atoms with Crippen LogP contribution in [0.5, 0.6) is 17.2 Å². The quantitative estimate of drug-likeness (QED) is 0.649. The Bertz CT molecular complexity index is 452. The van der Waals surface area contributed by atoms with Gasteiger partial charge in [0.15, 0.2) is 11.5 Å². The van der Waals surface area contributed by atoms with Gasteiger partial charge in [-0.2, -0.15) is 0 Å². The predicted molar refractivity (Wildman–Crippen MR) is 86.9 cm³/mol. The number of carbonyl (C=O) groups excluding carboxylic acids is 1. The third kappa shape index (κ3) is 5.44. The lowest BCUT2D eigenvalue weighted by atomic mass is 10.1. The van der Waals surface area contributed by atoms with Gasteiger partial charge in [0.25, 0.3) is 0 Å². The van der Waals surface area contributed by atoms with E-state index >= 15 is 0 Å². The highest BCUT2D eigenvalue weighted by Gasteiger charge is 2.14. The van der Waals surface area contributed by atoms with Crippen LogP contribution in [0.1, 0.15) is 32.1 Å². The molecule has 1 amide bonds. The first-order valence-corrected chi connectivity index (χ1v) is 7.46. The molecule has 0 aliphatic rings. The highest BCUT2D eigenvalue weighted by Crippen LogP contribution is 2.39. The molecule has 22 heavy (non-hydrogen) atoms. The van der Waals surface area contributed by atoms with Crippen molar-refractivity contribution in [2.75, 3.05) is 33.2 Å². The number of unbranched alkanes of at least 4 members (excludes halogenated alkanes) is 3. The summed E-state index contributed by atoms with van der Waals surface area (Å²) in [5, 5.41) is 2.85. The van der Waals surface area contributed by atoms with Gasteiger partial charge in [-0.25, -0.2) is 0 Å². The van der Waals surface area contributed by atoms with Gasteiger partial charge in [0.2, 0.25) is 11.7 Å². The average molecular weight is 310 g/mol. The van der Waals surface area contributed by atoms with E-state index in [0.717, 1.165) is 25.7 Å². The Labute approximate surface area is 131 Å². The van der Waals surface area contributed by atoms with Crippen LogP contribution >= 0.6 is 0 Å². The largest absolute Gasteiger partial charge is 0.493 e. The number of amides is 1. The molecule has 0 aliphatic carbocycles. The Morgan fingerprint density at radius 1 is 1.00 bits per heavy atom. The zero-order chi connectivity index (χ0) is 16.4. The second-order valence-corrected chi connectivity index (χ2v) is 4.92. The number of nitrogens with two attached hydrogens (primary N) is 1. The molecule has 0 saturated heterocycles. The van der Waals surface area contributed by atoms with Crippen LogP contribution in [-0.2, 0) is 4.79 Å². The van der Waals surface area contributed by atoms with Crippen molar-refractivity contribution in [3.05, 3.63) is 12.1 Å². The summed E-state index contributed by atoms with van der Waals surface area (Å²) in [5.74, 6) is 1.51. The van der Waals surface area contributed by atoms with Crippen molar-refractivity contribution in [1.82, 2.24) is 0 Å². The summed E-state index contributed by atoms with van der Waals surface area (Å²) >= 11 is 0. The lowest BCUT2D eigenvalue weighted by Gasteiger charge is -2.14. The Morgan fingerprint density at radius 3 is 2.09 bits per heavy atom. The standard InChI is InChI=1S/C16H26N2O4/c1-20-13-10-12(11-14(21-2)16(13)22-3)18-15(19)8-6-4-5-7-9-17/h10-11H,4-9,17H2,1-3H3,(H,18,19). The average Bonchev–Trinajstić information content (AvgIpc) is 2.53. The monoisotopic (exact) mass is 310 g/mol. The van der Waals surface area contributed by atoms with Crippen LogP contribution in [0.4, 0.5) is 5.69 Å². The van der Waals surface area contributed by atoms with Crippen LogP contribution in [-0.4, -0.2) is 33.8 Å². The number of ether oxygens (including phenoxy) is 3. The van der Waals surface area contributed by atoms with Crippen molar-refractivity contribution in [2.24, 2.45) is 5.73 Å². The van der Waals surface area contributed by atoms with Gasteiger partial charge in [0.1, 0.15) is 0 Å². The maximum absolute atomic E-state index is 12.0. The SMILES string of the molecule is COc1cc(NC(=O)CCCCCCN)cc(OC)c1OC. The molecule has 0 saturated carbocycles. The van der Waals surface area contributed by atoms with Crippen LogP contribution in [0, 0.1) is 0 Å². The van der Waals surface area contributed by atoms with E-state index in [1.54, 1.807) is 33.5 Å². The molecule has 1 aromatic carbocycles. The number of hydrogen-bond donors (Lipinski definition) is 2. The molecule has 0 aromatic heterocycles. The molecule has 0 unspecified atom stereocenters. The van der Waals surface area contributed by atoms with E-state index in [0.29, 0.717) is 35.9 Å². The molecule has 0 atom stereocenters. The third-order valence-electron chi connectivity index (χ3n) is 3.31. The van der Waals surface area contributed by atoms with Gasteiger partial charge >= 0.3 is 0 Å². The van der Waals surface area contributed by atoms with Gasteiger partial charge in [-0.3, -0.25) is 4.79 Å². The zero-order valence-corrected chi connectivity index (χ0v) is 13.6. The normalized spacial score (nSPS) is 10.2. The number of hydrogen-bond acceptors (Lipinski definition) is 5. The van der Waals surface area contributed by atoms with Crippen molar-refractivity contribution < 1.29 is 19.0 Å². The Morgan fingerprint density at radius 2 is 1.59 bits per heavy atom. The van der Waals surface area contributed by atoms with Crippen molar-refractivity contribution in [1.29, 1.82) is 0 Å². The number of rotatable bonds is 10. The molecule has 3 N–H and O–H groups in total. The molecule has 1 aromatic rings. The molecule has 6 nitrogen and oxygen atoms in total. The van der Waals surface area contributed by atoms with Gasteiger partial charge < -0.3 is 25.3 Å². The molecule has 0 spiro atoms. The number of carbonyl (C=O) groups is 1. The molecule has 0 aliphatic heterocycles. The Balaban J connectivity index is 2.63. The van der Waals surface area contributed by atoms with Crippen LogP contribution in [0.2, 0.25) is 0 Å². The second-order valence-electron chi connectivity index (χ2n) is 4.92. The first-order valence-electron chi connectivity index (χ1n) is 7.46. The minimum absolute atomic E-state index is 0.0259. The summed E-state index contributed by atoms with van der Waals surface area (Å²) in [6, 6.07) is 3.43. The molecule has 1 rings (SSSR count). The van der Waals surface area contributed by atoms with Crippen molar-refractivity contribution in [2.45, 2.75) is 32.1 Å². The molecule has 6 heteroatoms. The Hall–Kier alpha value is -1.95. The Kier molecular flexibility index (Phi) is 8.14. The van der Waals surface area contributed by atoms with E-state index in [-0.39, 0.29) is 5.91 Å². The van der Waals surface area contributed by atoms with Crippen LogP contribution in [0.15, 0.2) is 12.1 Å². The first-order chi connectivity index (χ1) is 10.7. The number of methoxy groups -OCH3 is 3. The summed E-state index contributed by atoms with van der Waals surface area (Å²) in [6.07, 6.45) is 4.43. The van der Waals surface area contributed by atoms with Gasteiger partial charge in [-0.1, -0.05) is 12.8 Å². The van der Waals surface area contributed by atoms with Crippen LogP contribution < -0.4 is 25.3 Å². The van der Waals surface area contributed by atoms with Gasteiger partial charge in [-0.05, 0) is 19.4 Å². The summed E-state index contributed by atoms with van der Waals surface area (Å²) in [6.45, 7) is 0.706. The molecular weight excluding hydrogens is 284 g/mol. The topological polar surface area (TPSA) is 82.8 Å². The summed E-state index contributed by atoms with van der Waals surface area (Å²) in [7, 11) is 4.63. The highest BCUT2D eigenvalue weighted by molar-refractivity contribution is 5.91. The lowest BCUT2D eigenvalue weighted by Crippen LogP contribution is -2.11.